The molecular formula is C29H26N4O2. The van der Waals surface area contributed by atoms with Gasteiger partial charge in [-0.25, -0.2) is 9.97 Å². The Balaban J connectivity index is 1.46. The molecule has 6 heteroatoms. The monoisotopic (exact) mass is 462 g/mol. The third-order valence-corrected chi connectivity index (χ3v) is 5.69. The Morgan fingerprint density at radius 3 is 2.63 bits per heavy atom. The summed E-state index contributed by atoms with van der Waals surface area (Å²) in [5.41, 5.74) is 4.81. The number of nitrogens with one attached hydrogen (secondary N) is 1. The van der Waals surface area contributed by atoms with Crippen molar-refractivity contribution < 1.29 is 9.15 Å². The molecule has 0 radical (unpaired) electrons. The fraction of sp³-hybridized carbons (Fsp3) is 0.172. The first kappa shape index (κ1) is 22.3. The second-order valence-electron chi connectivity index (χ2n) is 8.29. The maximum Gasteiger partial charge on any atom is 0.236 e. The van der Waals surface area contributed by atoms with Crippen LogP contribution in [0.15, 0.2) is 77.2 Å². The van der Waals surface area contributed by atoms with Gasteiger partial charge in [-0.05, 0) is 74.2 Å². The van der Waals surface area contributed by atoms with Crippen molar-refractivity contribution in [3.63, 3.8) is 0 Å². The minimum absolute atomic E-state index is 0.587. The standard InChI is InChI=1S/C29H26N4O2/c1-20-18-21(2)33-28(30-17-16-23-10-7-11-25(19-23)34-3)27(32-29(33)31-20)26-15-14-24(35-26)13-12-22-8-5-4-6-9-22/h4-11,14-15,18-19,30H,16-17H2,1-3H3. The molecule has 3 heterocycles. The molecular weight excluding hydrogens is 436 g/mol. The highest BCUT2D eigenvalue weighted by molar-refractivity contribution is 5.73. The zero-order chi connectivity index (χ0) is 24.2. The highest BCUT2D eigenvalue weighted by Crippen LogP contribution is 2.31. The first-order valence-electron chi connectivity index (χ1n) is 11.5. The van der Waals surface area contributed by atoms with Gasteiger partial charge in [0, 0.05) is 23.5 Å². The molecule has 0 aliphatic heterocycles. The van der Waals surface area contributed by atoms with Crippen molar-refractivity contribution in [3.05, 3.63) is 101 Å². The number of benzene rings is 2. The fourth-order valence-electron chi connectivity index (χ4n) is 4.05. The summed E-state index contributed by atoms with van der Waals surface area (Å²) in [5, 5.41) is 3.57. The van der Waals surface area contributed by atoms with Crippen LogP contribution in [0.4, 0.5) is 5.82 Å². The van der Waals surface area contributed by atoms with Gasteiger partial charge in [0.1, 0.15) is 11.6 Å². The van der Waals surface area contributed by atoms with E-state index in [-0.39, 0.29) is 0 Å². The molecule has 0 spiro atoms. The van der Waals surface area contributed by atoms with Crippen LogP contribution < -0.4 is 10.1 Å². The zero-order valence-electron chi connectivity index (χ0n) is 20.0. The molecule has 0 saturated carbocycles. The van der Waals surface area contributed by atoms with Crippen LogP contribution in [0.25, 0.3) is 17.2 Å². The van der Waals surface area contributed by atoms with Crippen molar-refractivity contribution in [2.75, 3.05) is 19.0 Å². The van der Waals surface area contributed by atoms with Gasteiger partial charge >= 0.3 is 0 Å². The van der Waals surface area contributed by atoms with Crippen LogP contribution in [0.3, 0.4) is 0 Å². The van der Waals surface area contributed by atoms with E-state index in [0.717, 1.165) is 34.9 Å². The third-order valence-electron chi connectivity index (χ3n) is 5.69. The van der Waals surface area contributed by atoms with Crippen LogP contribution >= 0.6 is 0 Å². The molecule has 0 bridgehead atoms. The van der Waals surface area contributed by atoms with Crippen LogP contribution in [-0.4, -0.2) is 28.0 Å². The summed E-state index contributed by atoms with van der Waals surface area (Å²) in [5.74, 6) is 9.81. The number of fused-ring (bicyclic) bond motifs is 1. The lowest BCUT2D eigenvalue weighted by Crippen LogP contribution is -2.09. The molecule has 174 valence electrons. The average molecular weight is 463 g/mol. The predicted octanol–water partition coefficient (Wildman–Crippen LogP) is 5.67. The number of methoxy groups -OCH3 is 1. The highest BCUT2D eigenvalue weighted by Gasteiger charge is 2.19. The maximum absolute atomic E-state index is 6.09. The SMILES string of the molecule is COc1cccc(CCNc2c(-c3ccc(C#Cc4ccccc4)o3)nc3nc(C)cc(C)n23)c1. The number of rotatable bonds is 6. The molecule has 0 unspecified atom stereocenters. The van der Waals surface area contributed by atoms with Gasteiger partial charge in [0.25, 0.3) is 0 Å². The Morgan fingerprint density at radius 2 is 1.80 bits per heavy atom. The molecule has 0 fully saturated rings. The highest BCUT2D eigenvalue weighted by atomic mass is 16.5. The Bertz CT molecular complexity index is 1540. The molecule has 0 amide bonds. The molecule has 0 aliphatic carbocycles. The Morgan fingerprint density at radius 1 is 0.943 bits per heavy atom. The van der Waals surface area contributed by atoms with Crippen molar-refractivity contribution in [1.29, 1.82) is 0 Å². The molecule has 35 heavy (non-hydrogen) atoms. The topological polar surface area (TPSA) is 64.6 Å². The molecule has 2 aromatic carbocycles. The van der Waals surface area contributed by atoms with Crippen LogP contribution in [0, 0.1) is 25.7 Å². The summed E-state index contributed by atoms with van der Waals surface area (Å²) in [4.78, 5) is 9.46. The van der Waals surface area contributed by atoms with E-state index >= 15 is 0 Å². The minimum atomic E-state index is 0.587. The number of nitrogens with zero attached hydrogens (tertiary/aromatic N) is 3. The van der Waals surface area contributed by atoms with E-state index in [1.165, 1.54) is 5.56 Å². The van der Waals surface area contributed by atoms with E-state index < -0.39 is 0 Å². The van der Waals surface area contributed by atoms with E-state index in [9.17, 15) is 0 Å². The van der Waals surface area contributed by atoms with E-state index in [0.29, 0.717) is 29.5 Å². The van der Waals surface area contributed by atoms with Crippen LogP contribution in [0.2, 0.25) is 0 Å². The predicted molar refractivity (Wildman–Crippen MR) is 138 cm³/mol. The number of hydrogen-bond acceptors (Lipinski definition) is 5. The first-order chi connectivity index (χ1) is 17.1. The molecule has 1 N–H and O–H groups in total. The van der Waals surface area contributed by atoms with Gasteiger partial charge in [-0.1, -0.05) is 36.3 Å². The second kappa shape index (κ2) is 9.78. The second-order valence-corrected chi connectivity index (χ2v) is 8.29. The normalized spacial score (nSPS) is 10.7. The molecule has 6 nitrogen and oxygen atoms in total. The lowest BCUT2D eigenvalue weighted by atomic mass is 10.1. The summed E-state index contributed by atoms with van der Waals surface area (Å²) in [6.45, 7) is 4.74. The number of aromatic nitrogens is 3. The summed E-state index contributed by atoms with van der Waals surface area (Å²) >= 11 is 0. The maximum atomic E-state index is 6.09. The van der Waals surface area contributed by atoms with Gasteiger partial charge < -0.3 is 14.5 Å². The first-order valence-corrected chi connectivity index (χ1v) is 11.5. The lowest BCUT2D eigenvalue weighted by Gasteiger charge is -2.10. The molecule has 0 atom stereocenters. The van der Waals surface area contributed by atoms with E-state index in [2.05, 4.69) is 41.2 Å². The number of anilines is 1. The van der Waals surface area contributed by atoms with Crippen LogP contribution in [-0.2, 0) is 6.42 Å². The number of imidazole rings is 1. The summed E-state index contributed by atoms with van der Waals surface area (Å²) in [7, 11) is 1.68. The summed E-state index contributed by atoms with van der Waals surface area (Å²) < 4.78 is 13.5. The quantitative estimate of drug-likeness (QED) is 0.330. The number of ether oxygens (including phenoxy) is 1. The van der Waals surface area contributed by atoms with Gasteiger partial charge in [-0.2, -0.15) is 0 Å². The summed E-state index contributed by atoms with van der Waals surface area (Å²) in [6.07, 6.45) is 0.828. The Kier molecular flexibility index (Phi) is 6.23. The smallest absolute Gasteiger partial charge is 0.236 e. The van der Waals surface area contributed by atoms with Gasteiger partial charge in [0.2, 0.25) is 5.78 Å². The van der Waals surface area contributed by atoms with Crippen molar-refractivity contribution >= 4 is 11.6 Å². The van der Waals surface area contributed by atoms with Crippen molar-refractivity contribution in [1.82, 2.24) is 14.4 Å². The van der Waals surface area contributed by atoms with Gasteiger partial charge in [-0.15, -0.1) is 0 Å². The minimum Gasteiger partial charge on any atom is -0.497 e. The molecule has 5 aromatic rings. The van der Waals surface area contributed by atoms with Crippen molar-refractivity contribution in [3.8, 4) is 29.0 Å². The van der Waals surface area contributed by atoms with Crippen LogP contribution in [0.5, 0.6) is 5.75 Å². The van der Waals surface area contributed by atoms with Gasteiger partial charge in [0.15, 0.2) is 17.2 Å². The van der Waals surface area contributed by atoms with E-state index in [4.69, 9.17) is 14.1 Å². The number of furan rings is 1. The van der Waals surface area contributed by atoms with Gasteiger partial charge in [0.05, 0.1) is 7.11 Å². The Labute approximate surface area is 204 Å². The summed E-state index contributed by atoms with van der Waals surface area (Å²) in [6, 6.07) is 23.8. The van der Waals surface area contributed by atoms with Crippen molar-refractivity contribution in [2.24, 2.45) is 0 Å². The van der Waals surface area contributed by atoms with Gasteiger partial charge in [-0.3, -0.25) is 4.40 Å². The number of aryl methyl sites for hydroxylation is 2. The number of hydrogen-bond donors (Lipinski definition) is 1. The average Bonchev–Trinajstić information content (AvgIpc) is 3.48. The zero-order valence-corrected chi connectivity index (χ0v) is 20.0. The Hall–Kier alpha value is -4.50. The molecule has 0 saturated heterocycles. The van der Waals surface area contributed by atoms with Crippen molar-refractivity contribution in [2.45, 2.75) is 20.3 Å². The fourth-order valence-corrected chi connectivity index (χ4v) is 4.05. The molecule has 3 aromatic heterocycles. The lowest BCUT2D eigenvalue weighted by molar-refractivity contribution is 0.414. The third kappa shape index (κ3) is 4.90. The van der Waals surface area contributed by atoms with E-state index in [1.54, 1.807) is 7.11 Å². The molecule has 0 aliphatic rings. The largest absolute Gasteiger partial charge is 0.497 e. The van der Waals surface area contributed by atoms with Crippen LogP contribution in [0.1, 0.15) is 28.3 Å². The molecule has 5 rings (SSSR count). The van der Waals surface area contributed by atoms with E-state index in [1.807, 2.05) is 72.0 Å².